The summed E-state index contributed by atoms with van der Waals surface area (Å²) >= 11 is 1.55. The van der Waals surface area contributed by atoms with Gasteiger partial charge in [-0.1, -0.05) is 150 Å². The summed E-state index contributed by atoms with van der Waals surface area (Å²) in [5, 5.41) is 13.7. The zero-order chi connectivity index (χ0) is 58.1. The van der Waals surface area contributed by atoms with Gasteiger partial charge < -0.3 is 36.8 Å². The molecule has 8 rings (SSSR count). The van der Waals surface area contributed by atoms with Gasteiger partial charge in [0.15, 0.2) is 5.13 Å². The number of nitrogens with zero attached hydrogens (tertiary/aromatic N) is 5. The van der Waals surface area contributed by atoms with Gasteiger partial charge in [-0.15, -0.1) is 0 Å². The summed E-state index contributed by atoms with van der Waals surface area (Å²) in [7, 11) is -2.14. The molecule has 2 aliphatic heterocycles. The molecule has 80 heavy (non-hydrogen) atoms. The summed E-state index contributed by atoms with van der Waals surface area (Å²) in [5.74, 6) is -1.34. The third kappa shape index (κ3) is 16.5. The van der Waals surface area contributed by atoms with Crippen molar-refractivity contribution in [2.24, 2.45) is 23.7 Å². The number of likely N-dealkylation sites (tertiary alicyclic amines) is 2. The molecule has 0 bridgehead atoms. The summed E-state index contributed by atoms with van der Waals surface area (Å²) in [6, 6.07) is 16.3. The first-order valence-corrected chi connectivity index (χ1v) is 32.0. The summed E-state index contributed by atoms with van der Waals surface area (Å²) in [6.07, 6.45) is 15.1. The monoisotopic (exact) mass is 1180 g/mol. The molecule has 24 heteroatoms. The summed E-state index contributed by atoms with van der Waals surface area (Å²) in [6.45, 7) is 8.61. The predicted octanol–water partition coefficient (Wildman–Crippen LogP) is 8.01. The normalized spacial score (nSPS) is 19.1. The van der Waals surface area contributed by atoms with E-state index in [1.54, 1.807) is 9.80 Å². The van der Waals surface area contributed by atoms with Crippen molar-refractivity contribution in [1.82, 2.24) is 30.4 Å². The highest BCUT2D eigenvalue weighted by Crippen LogP contribution is 2.40. The number of nitrogens with two attached hydrogens (primary N) is 1. The van der Waals surface area contributed by atoms with Gasteiger partial charge in [0.2, 0.25) is 50.6 Å². The zero-order valence-corrected chi connectivity index (χ0v) is 49.9. The van der Waals surface area contributed by atoms with Gasteiger partial charge in [-0.3, -0.25) is 28.8 Å². The van der Waals surface area contributed by atoms with Crippen LogP contribution in [0.3, 0.4) is 0 Å². The number of carbonyl (C=O) groups is 6. The largest absolute Gasteiger partial charge is 0.375 e. The number of hydrogen-bond donors (Lipinski definition) is 5. The maximum Gasteiger partial charge on any atom is 0.335 e. The van der Waals surface area contributed by atoms with Crippen LogP contribution < -0.4 is 31.3 Å². The standard InChI is InChI=1S/C29H41N5O5S2.C27H37N5O3S.O2S/c1-5-19(2)25(35)30-24(21-15-10-7-11-16-21)28(37)34-18-12-17-22(34)26(36)32-27-23(20-13-8-6-9-14-20)31-29(40-27)33(3)41(4,38)39;1-3-17(2)23(33)29-22(19-13-8-5-9-14-19)26(35)32-16-10-15-20(32)24(34)31-25-21(30-27(28)36-25)18-11-6-4-7-12-18;1-3-2/h6,8-9,13-14,19,21-22,24H,5,7,10-12,15-18H2,1-4H3,(H,30,35)(H,32,36);4,6-7,11-12,17,19-20,22H,3,5,8-10,13-16H2,1-2H3,(H2,28,30)(H,29,33)(H,31,34);/t19-,22+,24+;17-,20+,22+;/m11./s1. The van der Waals surface area contributed by atoms with E-state index in [9.17, 15) is 37.2 Å². The van der Waals surface area contributed by atoms with Crippen molar-refractivity contribution in [3.8, 4) is 22.5 Å². The SMILES string of the molecule is CC[C@@H](C)C(=O)N[C@H](C(=O)N1CCC[C@H]1C(=O)Nc1sc(N(C)S(C)(=O)=O)nc1-c1ccccc1)C1CCCCC1.CC[C@@H](C)C(=O)N[C@H](C(=O)N1CCC[C@H]1C(=O)Nc1sc(N)nc1-c1ccccc1)C1CCCCC1.O=S=O. The number of hydrogen-bond acceptors (Lipinski definition) is 15. The van der Waals surface area contributed by atoms with Crippen molar-refractivity contribution < 1.29 is 45.6 Å². The van der Waals surface area contributed by atoms with Crippen molar-refractivity contribution in [1.29, 1.82) is 0 Å². The second kappa shape index (κ2) is 30.1. The number of aromatic nitrogens is 2. The maximum atomic E-state index is 14.0. The van der Waals surface area contributed by atoms with Gasteiger partial charge in [-0.2, -0.15) is 8.42 Å². The summed E-state index contributed by atoms with van der Waals surface area (Å²) < 4.78 is 42.1. The van der Waals surface area contributed by atoms with Gasteiger partial charge in [0, 0.05) is 43.1 Å². The highest BCUT2D eigenvalue weighted by atomic mass is 32.2. The van der Waals surface area contributed by atoms with E-state index in [4.69, 9.17) is 14.2 Å². The van der Waals surface area contributed by atoms with Crippen molar-refractivity contribution >= 4 is 100.0 Å². The molecule has 2 aromatic heterocycles. The number of anilines is 4. The fraction of sp³-hybridized carbons (Fsp3) is 0.571. The Kier molecular flexibility index (Phi) is 23.7. The number of nitrogens with one attached hydrogen (secondary N) is 4. The van der Waals surface area contributed by atoms with Crippen LogP contribution in [0.25, 0.3) is 22.5 Å². The van der Waals surface area contributed by atoms with Crippen LogP contribution in [0, 0.1) is 23.7 Å². The van der Waals surface area contributed by atoms with Crippen LogP contribution in [0.15, 0.2) is 60.7 Å². The Labute approximate surface area is 481 Å². The van der Waals surface area contributed by atoms with Crippen LogP contribution in [-0.4, -0.2) is 123 Å². The molecule has 0 unspecified atom stereocenters. The average Bonchev–Trinajstić information content (AvgIpc) is 4.39. The van der Waals surface area contributed by atoms with E-state index in [1.807, 2.05) is 88.4 Å². The van der Waals surface area contributed by atoms with Crippen molar-refractivity contribution in [3.63, 3.8) is 0 Å². The number of amides is 6. The highest BCUT2D eigenvalue weighted by Gasteiger charge is 2.43. The second-order valence-corrected chi connectivity index (χ2v) is 25.3. The number of carbonyl (C=O) groups excluding carboxylic acids is 6. The lowest BCUT2D eigenvalue weighted by molar-refractivity contribution is -0.142. The molecule has 4 aliphatic rings. The Bertz CT molecular complexity index is 2890. The molecular formula is C56H78N10O10S4. The molecule has 436 valence electrons. The van der Waals surface area contributed by atoms with Gasteiger partial charge in [0.05, 0.1) is 6.26 Å². The van der Waals surface area contributed by atoms with Gasteiger partial charge in [-0.25, -0.2) is 22.7 Å². The quantitative estimate of drug-likeness (QED) is 0.0632. The smallest absolute Gasteiger partial charge is 0.335 e. The average molecular weight is 1180 g/mol. The molecule has 4 aromatic rings. The van der Waals surface area contributed by atoms with Crippen LogP contribution in [0.4, 0.5) is 20.3 Å². The molecule has 6 N–H and O–H groups in total. The predicted molar refractivity (Wildman–Crippen MR) is 314 cm³/mol. The molecule has 2 aromatic carbocycles. The van der Waals surface area contributed by atoms with E-state index >= 15 is 0 Å². The van der Waals surface area contributed by atoms with E-state index in [-0.39, 0.29) is 64.2 Å². The van der Waals surface area contributed by atoms with E-state index < -0.39 is 45.8 Å². The summed E-state index contributed by atoms with van der Waals surface area (Å²) in [5.41, 5.74) is 8.67. The molecule has 4 fully saturated rings. The Morgan fingerprint density at radius 1 is 0.637 bits per heavy atom. The number of thiazole rings is 2. The topological polar surface area (TPSA) is 280 Å². The van der Waals surface area contributed by atoms with E-state index in [0.717, 1.165) is 104 Å². The van der Waals surface area contributed by atoms with Crippen molar-refractivity contribution in [2.45, 2.75) is 155 Å². The molecule has 20 nitrogen and oxygen atoms in total. The maximum absolute atomic E-state index is 14.0. The van der Waals surface area contributed by atoms with E-state index in [2.05, 4.69) is 31.2 Å². The molecule has 2 saturated heterocycles. The van der Waals surface area contributed by atoms with Crippen LogP contribution in [0.2, 0.25) is 0 Å². The van der Waals surface area contributed by atoms with Crippen LogP contribution in [-0.2, 0) is 50.4 Å². The molecule has 2 saturated carbocycles. The Morgan fingerprint density at radius 2 is 1.02 bits per heavy atom. The lowest BCUT2D eigenvalue weighted by atomic mass is 9.83. The molecule has 0 radical (unpaired) electrons. The Hall–Kier alpha value is -6.11. The van der Waals surface area contributed by atoms with Crippen LogP contribution >= 0.6 is 22.7 Å². The van der Waals surface area contributed by atoms with Gasteiger partial charge >= 0.3 is 11.6 Å². The number of benzene rings is 2. The first-order valence-electron chi connectivity index (χ1n) is 27.9. The minimum absolute atomic E-state index is 0.0498. The second-order valence-electron chi connectivity index (χ2n) is 21.2. The lowest BCUT2D eigenvalue weighted by Crippen LogP contribution is -2.56. The van der Waals surface area contributed by atoms with Gasteiger partial charge in [0.1, 0.15) is 45.6 Å². The fourth-order valence-electron chi connectivity index (χ4n) is 10.7. The summed E-state index contributed by atoms with van der Waals surface area (Å²) in [4.78, 5) is 93.0. The number of rotatable bonds is 18. The van der Waals surface area contributed by atoms with Gasteiger partial charge in [-0.05, 0) is 76.0 Å². The minimum Gasteiger partial charge on any atom is -0.375 e. The van der Waals surface area contributed by atoms with E-state index in [1.165, 1.54) is 18.4 Å². The molecule has 6 amide bonds. The molecular weight excluding hydrogens is 1100 g/mol. The third-order valence-electron chi connectivity index (χ3n) is 15.8. The number of sulfonamides is 1. The van der Waals surface area contributed by atoms with E-state index in [0.29, 0.717) is 71.7 Å². The van der Waals surface area contributed by atoms with Crippen LogP contribution in [0.1, 0.15) is 130 Å². The number of nitrogen functional groups attached to an aromatic ring is 1. The molecule has 6 atom stereocenters. The first kappa shape index (κ1) is 63.1. The zero-order valence-electron chi connectivity index (χ0n) is 46.6. The first-order chi connectivity index (χ1) is 38.3. The van der Waals surface area contributed by atoms with Crippen molar-refractivity contribution in [2.75, 3.05) is 47.1 Å². The van der Waals surface area contributed by atoms with Crippen molar-refractivity contribution in [3.05, 3.63) is 60.7 Å². The molecule has 4 heterocycles. The lowest BCUT2D eigenvalue weighted by Gasteiger charge is -2.35. The molecule has 2 aliphatic carbocycles. The van der Waals surface area contributed by atoms with Gasteiger partial charge in [0.25, 0.3) is 0 Å². The van der Waals surface area contributed by atoms with Crippen LogP contribution in [0.5, 0.6) is 0 Å². The third-order valence-corrected chi connectivity index (χ3v) is 18.9. The fourth-order valence-corrected chi connectivity index (χ4v) is 13.1. The minimum atomic E-state index is -3.56. The molecule has 0 spiro atoms. The highest BCUT2D eigenvalue weighted by molar-refractivity contribution is 7.92. The Balaban J connectivity index is 0.000000248. The Morgan fingerprint density at radius 3 is 1.41 bits per heavy atom.